The summed E-state index contributed by atoms with van der Waals surface area (Å²) in [5.74, 6) is 2.40. The molecule has 0 radical (unpaired) electrons. The van der Waals surface area contributed by atoms with Gasteiger partial charge in [-0.1, -0.05) is 5.92 Å². The van der Waals surface area contributed by atoms with Crippen molar-refractivity contribution in [1.82, 2.24) is 14.6 Å². The molecule has 1 aliphatic heterocycles. The van der Waals surface area contributed by atoms with Crippen molar-refractivity contribution in [2.75, 3.05) is 11.4 Å². The number of anilines is 1. The quantitative estimate of drug-likeness (QED) is 0.678. The third-order valence-electron chi connectivity index (χ3n) is 4.37. The molecule has 4 rings (SSSR count). The van der Waals surface area contributed by atoms with Gasteiger partial charge in [-0.25, -0.2) is 18.3 Å². The molecular weight excluding hydrogens is 310 g/mol. The Hall–Kier alpha value is -2.94. The minimum atomic E-state index is -0.438. The molecule has 4 nitrogen and oxygen atoms in total. The maximum absolute atomic E-state index is 14.2. The molecule has 2 aromatic heterocycles. The van der Waals surface area contributed by atoms with E-state index in [1.807, 2.05) is 11.0 Å². The molecule has 3 aromatic rings. The van der Waals surface area contributed by atoms with E-state index in [-0.39, 0.29) is 6.04 Å². The predicted molar refractivity (Wildman–Crippen MR) is 86.6 cm³/mol. The number of halogens is 2. The number of hydrogen-bond acceptors (Lipinski definition) is 3. The molecule has 0 spiro atoms. The van der Waals surface area contributed by atoms with Crippen molar-refractivity contribution >= 4 is 11.5 Å². The first-order valence-electron chi connectivity index (χ1n) is 7.70. The highest BCUT2D eigenvalue weighted by molar-refractivity contribution is 5.59. The monoisotopic (exact) mass is 324 g/mol. The van der Waals surface area contributed by atoms with Crippen LogP contribution in [0.2, 0.25) is 0 Å². The Labute approximate surface area is 137 Å². The van der Waals surface area contributed by atoms with Gasteiger partial charge in [0, 0.05) is 18.3 Å². The highest BCUT2D eigenvalue weighted by Crippen LogP contribution is 2.36. The first kappa shape index (κ1) is 14.6. The van der Waals surface area contributed by atoms with Gasteiger partial charge in [0.2, 0.25) is 0 Å². The molecule has 0 saturated carbocycles. The summed E-state index contributed by atoms with van der Waals surface area (Å²) in [5, 5.41) is 4.14. The smallest absolute Gasteiger partial charge is 0.172 e. The zero-order valence-corrected chi connectivity index (χ0v) is 12.8. The number of aromatic nitrogens is 3. The Morgan fingerprint density at radius 2 is 2.12 bits per heavy atom. The van der Waals surface area contributed by atoms with E-state index >= 15 is 0 Å². The summed E-state index contributed by atoms with van der Waals surface area (Å²) in [7, 11) is 0. The van der Waals surface area contributed by atoms with Gasteiger partial charge in [0.05, 0.1) is 17.8 Å². The van der Waals surface area contributed by atoms with Gasteiger partial charge in [0.25, 0.3) is 0 Å². The van der Waals surface area contributed by atoms with E-state index in [0.717, 1.165) is 25.5 Å². The molecule has 1 unspecified atom stereocenters. The molecule has 0 N–H and O–H groups in total. The van der Waals surface area contributed by atoms with Gasteiger partial charge in [-0.2, -0.15) is 5.10 Å². The molecule has 6 heteroatoms. The summed E-state index contributed by atoms with van der Waals surface area (Å²) < 4.78 is 29.3. The zero-order chi connectivity index (χ0) is 16.7. The SMILES string of the molecule is C#Cc1cnn2ccc(N3CCCC3c3cc(F)ccc3F)nc12. The van der Waals surface area contributed by atoms with Crippen molar-refractivity contribution < 1.29 is 8.78 Å². The largest absolute Gasteiger partial charge is 0.349 e. The lowest BCUT2D eigenvalue weighted by atomic mass is 10.0. The van der Waals surface area contributed by atoms with Gasteiger partial charge in [-0.3, -0.25) is 0 Å². The zero-order valence-electron chi connectivity index (χ0n) is 12.8. The number of fused-ring (bicyclic) bond motifs is 1. The van der Waals surface area contributed by atoms with Crippen LogP contribution in [0, 0.1) is 24.0 Å². The number of benzene rings is 1. The van der Waals surface area contributed by atoms with Gasteiger partial charge in [-0.15, -0.1) is 6.42 Å². The lowest BCUT2D eigenvalue weighted by Gasteiger charge is -2.26. The highest BCUT2D eigenvalue weighted by atomic mass is 19.1. The van der Waals surface area contributed by atoms with E-state index in [9.17, 15) is 8.78 Å². The van der Waals surface area contributed by atoms with Crippen LogP contribution in [0.15, 0.2) is 36.7 Å². The van der Waals surface area contributed by atoms with E-state index in [2.05, 4.69) is 16.0 Å². The molecule has 3 heterocycles. The van der Waals surface area contributed by atoms with Crippen LogP contribution in [0.1, 0.15) is 30.0 Å². The first-order valence-corrected chi connectivity index (χ1v) is 7.70. The minimum Gasteiger partial charge on any atom is -0.349 e. The van der Waals surface area contributed by atoms with Gasteiger partial charge < -0.3 is 4.90 Å². The van der Waals surface area contributed by atoms with E-state index in [1.165, 1.54) is 12.1 Å². The highest BCUT2D eigenvalue weighted by Gasteiger charge is 2.29. The lowest BCUT2D eigenvalue weighted by Crippen LogP contribution is -2.24. The fourth-order valence-electron chi connectivity index (χ4n) is 3.26. The second-order valence-corrected chi connectivity index (χ2v) is 5.77. The Balaban J connectivity index is 1.77. The molecular formula is C18H14F2N4. The molecule has 1 aliphatic rings. The third-order valence-corrected chi connectivity index (χ3v) is 4.37. The second-order valence-electron chi connectivity index (χ2n) is 5.77. The Bertz CT molecular complexity index is 957. The number of terminal acetylenes is 1. The molecule has 0 aliphatic carbocycles. The topological polar surface area (TPSA) is 33.4 Å². The van der Waals surface area contributed by atoms with Crippen LogP contribution >= 0.6 is 0 Å². The van der Waals surface area contributed by atoms with Crippen molar-refractivity contribution in [3.8, 4) is 12.3 Å². The maximum atomic E-state index is 14.2. The van der Waals surface area contributed by atoms with Crippen LogP contribution in [0.25, 0.3) is 5.65 Å². The molecule has 0 amide bonds. The first-order chi connectivity index (χ1) is 11.7. The lowest BCUT2D eigenvalue weighted by molar-refractivity contribution is 0.560. The van der Waals surface area contributed by atoms with Crippen molar-refractivity contribution in [1.29, 1.82) is 0 Å². The van der Waals surface area contributed by atoms with Crippen molar-refractivity contribution in [3.63, 3.8) is 0 Å². The Kier molecular flexibility index (Phi) is 3.42. The van der Waals surface area contributed by atoms with Gasteiger partial charge in [0.1, 0.15) is 17.5 Å². The minimum absolute atomic E-state index is 0.243. The third kappa shape index (κ3) is 2.29. The molecule has 120 valence electrons. The summed E-state index contributed by atoms with van der Waals surface area (Å²) in [4.78, 5) is 6.57. The molecule has 0 bridgehead atoms. The van der Waals surface area contributed by atoms with Crippen LogP contribution in [0.5, 0.6) is 0 Å². The summed E-state index contributed by atoms with van der Waals surface area (Å²) in [6.07, 6.45) is 10.5. The summed E-state index contributed by atoms with van der Waals surface area (Å²) in [6.45, 7) is 0.726. The van der Waals surface area contributed by atoms with Crippen molar-refractivity contribution in [3.05, 3.63) is 59.4 Å². The van der Waals surface area contributed by atoms with Crippen LogP contribution in [-0.2, 0) is 0 Å². The Morgan fingerprint density at radius 3 is 2.96 bits per heavy atom. The van der Waals surface area contributed by atoms with Crippen LogP contribution < -0.4 is 4.90 Å². The summed E-state index contributed by atoms with van der Waals surface area (Å²) >= 11 is 0. The average Bonchev–Trinajstić information content (AvgIpc) is 3.22. The number of hydrogen-bond donors (Lipinski definition) is 0. The molecule has 1 atom stereocenters. The molecule has 1 saturated heterocycles. The molecule has 1 fully saturated rings. The van der Waals surface area contributed by atoms with E-state index < -0.39 is 11.6 Å². The number of nitrogens with zero attached hydrogens (tertiary/aromatic N) is 4. The van der Waals surface area contributed by atoms with Crippen molar-refractivity contribution in [2.45, 2.75) is 18.9 Å². The summed E-state index contributed by atoms with van der Waals surface area (Å²) in [6, 6.07) is 5.14. The second kappa shape index (κ2) is 5.60. The predicted octanol–water partition coefficient (Wildman–Crippen LogP) is 3.33. The van der Waals surface area contributed by atoms with Gasteiger partial charge in [0.15, 0.2) is 5.65 Å². The summed E-state index contributed by atoms with van der Waals surface area (Å²) in [5.41, 5.74) is 1.55. The molecule has 24 heavy (non-hydrogen) atoms. The fraction of sp³-hybridized carbons (Fsp3) is 0.222. The van der Waals surface area contributed by atoms with Crippen LogP contribution in [0.3, 0.4) is 0 Å². The average molecular weight is 324 g/mol. The number of rotatable bonds is 2. The van der Waals surface area contributed by atoms with Gasteiger partial charge >= 0.3 is 0 Å². The normalized spacial score (nSPS) is 17.4. The maximum Gasteiger partial charge on any atom is 0.172 e. The van der Waals surface area contributed by atoms with Crippen LogP contribution in [0.4, 0.5) is 14.6 Å². The van der Waals surface area contributed by atoms with Crippen molar-refractivity contribution in [2.24, 2.45) is 0 Å². The standard InChI is InChI=1S/C18H14F2N4/c1-2-12-11-21-24-9-7-17(22-18(12)24)23-8-3-4-16(23)14-10-13(19)5-6-15(14)20/h1,5-7,9-11,16H,3-4,8H2. The van der Waals surface area contributed by atoms with E-state index in [4.69, 9.17) is 6.42 Å². The molecule has 1 aromatic carbocycles. The fourth-order valence-corrected chi connectivity index (χ4v) is 3.26. The van der Waals surface area contributed by atoms with E-state index in [0.29, 0.717) is 22.6 Å². The Morgan fingerprint density at radius 1 is 1.25 bits per heavy atom. The van der Waals surface area contributed by atoms with Crippen LogP contribution in [-0.4, -0.2) is 21.1 Å². The van der Waals surface area contributed by atoms with Gasteiger partial charge in [-0.05, 0) is 37.1 Å². The van der Waals surface area contributed by atoms with E-state index in [1.54, 1.807) is 16.9 Å².